The lowest BCUT2D eigenvalue weighted by Gasteiger charge is -2.20. The number of carbonyl (C=O) groups excluding carboxylic acids is 1. The van der Waals surface area contributed by atoms with Crippen LogP contribution in [0.25, 0.3) is 0 Å². The monoisotopic (exact) mass is 328 g/mol. The van der Waals surface area contributed by atoms with Gasteiger partial charge in [-0.1, -0.05) is 0 Å². The predicted molar refractivity (Wildman–Crippen MR) is 84.6 cm³/mol. The Hall–Kier alpha value is -1.08. The Morgan fingerprint density at radius 3 is 2.90 bits per heavy atom. The van der Waals surface area contributed by atoms with Gasteiger partial charge in [0.25, 0.3) is 0 Å². The molecule has 0 aromatic carbocycles. The quantitative estimate of drug-likeness (QED) is 0.812. The Morgan fingerprint density at radius 2 is 2.33 bits per heavy atom. The molecule has 0 saturated carbocycles. The topological polar surface area (TPSA) is 70.5 Å². The van der Waals surface area contributed by atoms with Crippen LogP contribution in [0, 0.1) is 12.3 Å². The van der Waals surface area contributed by atoms with Crippen molar-refractivity contribution in [2.45, 2.75) is 32.4 Å². The normalized spacial score (nSPS) is 21.7. The van der Waals surface area contributed by atoms with Gasteiger partial charge < -0.3 is 10.0 Å². The number of amides is 1. The predicted octanol–water partition coefficient (Wildman–Crippen LogP) is 2.40. The Balaban J connectivity index is 1.70. The number of aliphatic carboxylic acids is 1. The second-order valence-electron chi connectivity index (χ2n) is 5.59. The molecule has 1 aromatic heterocycles. The van der Waals surface area contributed by atoms with E-state index < -0.39 is 11.4 Å². The first kappa shape index (κ1) is 16.3. The van der Waals surface area contributed by atoms with E-state index in [0.29, 0.717) is 25.9 Å². The van der Waals surface area contributed by atoms with Crippen LogP contribution in [-0.2, 0) is 15.3 Å². The van der Waals surface area contributed by atoms with Crippen LogP contribution in [0.2, 0.25) is 0 Å². The van der Waals surface area contributed by atoms with Crippen LogP contribution in [0.1, 0.15) is 30.5 Å². The number of aryl methyl sites for hydroxylation is 1. The van der Waals surface area contributed by atoms with Crippen LogP contribution in [0.4, 0.5) is 0 Å². The number of carbonyl (C=O) groups is 2. The van der Waals surface area contributed by atoms with E-state index in [2.05, 4.69) is 4.98 Å². The van der Waals surface area contributed by atoms with Gasteiger partial charge in [-0.05, 0) is 20.3 Å². The molecule has 1 saturated heterocycles. The van der Waals surface area contributed by atoms with Crippen molar-refractivity contribution in [3.05, 3.63) is 16.1 Å². The lowest BCUT2D eigenvalue weighted by atomic mass is 9.90. The molecule has 7 heteroatoms. The molecule has 0 radical (unpaired) electrons. The molecule has 1 aromatic rings. The third kappa shape index (κ3) is 4.20. The van der Waals surface area contributed by atoms with Gasteiger partial charge in [0.15, 0.2) is 0 Å². The lowest BCUT2D eigenvalue weighted by molar-refractivity contribution is -0.147. The molecule has 1 aliphatic rings. The number of carboxylic acid groups (broad SMARTS) is 1. The summed E-state index contributed by atoms with van der Waals surface area (Å²) in [5, 5.41) is 12.3. The minimum atomic E-state index is -0.814. The van der Waals surface area contributed by atoms with Crippen molar-refractivity contribution >= 4 is 35.0 Å². The maximum absolute atomic E-state index is 12.1. The van der Waals surface area contributed by atoms with E-state index in [1.807, 2.05) is 12.3 Å². The zero-order chi connectivity index (χ0) is 15.5. The average Bonchev–Trinajstić information content (AvgIpc) is 3.02. The summed E-state index contributed by atoms with van der Waals surface area (Å²) in [7, 11) is 0. The molecule has 0 bridgehead atoms. The smallest absolute Gasteiger partial charge is 0.311 e. The molecule has 21 heavy (non-hydrogen) atoms. The van der Waals surface area contributed by atoms with Crippen LogP contribution < -0.4 is 0 Å². The first-order chi connectivity index (χ1) is 9.90. The Bertz CT molecular complexity index is 532. The van der Waals surface area contributed by atoms with E-state index in [9.17, 15) is 9.59 Å². The number of carboxylic acids is 1. The van der Waals surface area contributed by atoms with Crippen molar-refractivity contribution in [3.63, 3.8) is 0 Å². The zero-order valence-corrected chi connectivity index (χ0v) is 13.9. The van der Waals surface area contributed by atoms with E-state index >= 15 is 0 Å². The first-order valence-corrected chi connectivity index (χ1v) is 8.94. The fraction of sp³-hybridized carbons (Fsp3) is 0.643. The summed E-state index contributed by atoms with van der Waals surface area (Å²) in [6, 6.07) is 0. The number of nitrogens with zero attached hydrogens (tertiary/aromatic N) is 2. The molecule has 1 N–H and O–H groups in total. The number of rotatable bonds is 6. The SMILES string of the molecule is Cc1nc(CSCCC(=O)N2CCC(C)(C(=O)O)C2)cs1. The van der Waals surface area contributed by atoms with Gasteiger partial charge in [0, 0.05) is 36.4 Å². The van der Waals surface area contributed by atoms with Crippen LogP contribution in [0.3, 0.4) is 0 Å². The van der Waals surface area contributed by atoms with E-state index in [-0.39, 0.29) is 5.91 Å². The summed E-state index contributed by atoms with van der Waals surface area (Å²) >= 11 is 3.33. The van der Waals surface area contributed by atoms with Gasteiger partial charge in [0.05, 0.1) is 16.1 Å². The third-order valence-electron chi connectivity index (χ3n) is 3.72. The van der Waals surface area contributed by atoms with Crippen molar-refractivity contribution in [1.82, 2.24) is 9.88 Å². The maximum atomic E-state index is 12.1. The number of likely N-dealkylation sites (tertiary alicyclic amines) is 1. The second-order valence-corrected chi connectivity index (χ2v) is 7.76. The minimum absolute atomic E-state index is 0.0573. The molecule has 2 rings (SSSR count). The summed E-state index contributed by atoms with van der Waals surface area (Å²) in [4.78, 5) is 29.3. The highest BCUT2D eigenvalue weighted by Gasteiger charge is 2.41. The van der Waals surface area contributed by atoms with Gasteiger partial charge in [0.2, 0.25) is 5.91 Å². The number of thioether (sulfide) groups is 1. The molecule has 116 valence electrons. The van der Waals surface area contributed by atoms with Crippen molar-refractivity contribution in [2.75, 3.05) is 18.8 Å². The molecular weight excluding hydrogens is 308 g/mol. The standard InChI is InChI=1S/C14H20N2O3S2/c1-10-15-11(8-21-10)7-20-6-3-12(17)16-5-4-14(2,9-16)13(18)19/h8H,3-7,9H2,1-2H3,(H,18,19). The van der Waals surface area contributed by atoms with Crippen molar-refractivity contribution in [3.8, 4) is 0 Å². The number of thiazole rings is 1. The molecule has 0 aliphatic carbocycles. The van der Waals surface area contributed by atoms with Gasteiger partial charge in [0.1, 0.15) is 0 Å². The molecule has 1 aliphatic heterocycles. The van der Waals surface area contributed by atoms with Gasteiger partial charge in [-0.3, -0.25) is 9.59 Å². The van der Waals surface area contributed by atoms with Crippen molar-refractivity contribution in [2.24, 2.45) is 5.41 Å². The summed E-state index contributed by atoms with van der Waals surface area (Å²) in [6.45, 7) is 4.58. The van der Waals surface area contributed by atoms with Gasteiger partial charge in [-0.25, -0.2) is 4.98 Å². The number of hydrogen-bond acceptors (Lipinski definition) is 5. The molecule has 1 fully saturated rings. The molecule has 2 heterocycles. The molecule has 1 amide bonds. The second kappa shape index (κ2) is 6.79. The number of aromatic nitrogens is 1. The Labute approximate surface area is 132 Å². The highest BCUT2D eigenvalue weighted by Crippen LogP contribution is 2.30. The molecular formula is C14H20N2O3S2. The summed E-state index contributed by atoms with van der Waals surface area (Å²) in [6.07, 6.45) is 1.00. The van der Waals surface area contributed by atoms with E-state index in [0.717, 1.165) is 22.2 Å². The fourth-order valence-electron chi connectivity index (χ4n) is 2.32. The molecule has 1 unspecified atom stereocenters. The largest absolute Gasteiger partial charge is 0.481 e. The zero-order valence-electron chi connectivity index (χ0n) is 12.3. The van der Waals surface area contributed by atoms with E-state index in [1.165, 1.54) is 0 Å². The van der Waals surface area contributed by atoms with Crippen LogP contribution in [-0.4, -0.2) is 45.7 Å². The first-order valence-electron chi connectivity index (χ1n) is 6.91. The highest BCUT2D eigenvalue weighted by molar-refractivity contribution is 7.98. The summed E-state index contributed by atoms with van der Waals surface area (Å²) in [5.41, 5.74) is 0.288. The van der Waals surface area contributed by atoms with Gasteiger partial charge >= 0.3 is 5.97 Å². The highest BCUT2D eigenvalue weighted by atomic mass is 32.2. The van der Waals surface area contributed by atoms with Crippen molar-refractivity contribution < 1.29 is 14.7 Å². The van der Waals surface area contributed by atoms with Crippen molar-refractivity contribution in [1.29, 1.82) is 0 Å². The average molecular weight is 328 g/mol. The van der Waals surface area contributed by atoms with Gasteiger partial charge in [-0.2, -0.15) is 11.8 Å². The molecule has 1 atom stereocenters. The van der Waals surface area contributed by atoms with E-state index in [4.69, 9.17) is 5.11 Å². The molecule has 5 nitrogen and oxygen atoms in total. The third-order valence-corrected chi connectivity index (χ3v) is 5.53. The molecule has 0 spiro atoms. The Kier molecular flexibility index (Phi) is 5.27. The van der Waals surface area contributed by atoms with Crippen LogP contribution in [0.15, 0.2) is 5.38 Å². The Morgan fingerprint density at radius 1 is 1.57 bits per heavy atom. The van der Waals surface area contributed by atoms with Crippen LogP contribution >= 0.6 is 23.1 Å². The number of hydrogen-bond donors (Lipinski definition) is 1. The van der Waals surface area contributed by atoms with Gasteiger partial charge in [-0.15, -0.1) is 11.3 Å². The van der Waals surface area contributed by atoms with Crippen LogP contribution in [0.5, 0.6) is 0 Å². The van der Waals surface area contributed by atoms with E-state index in [1.54, 1.807) is 34.9 Å². The maximum Gasteiger partial charge on any atom is 0.311 e. The lowest BCUT2D eigenvalue weighted by Crippen LogP contribution is -2.35. The minimum Gasteiger partial charge on any atom is -0.481 e. The fourth-order valence-corrected chi connectivity index (χ4v) is 3.86. The summed E-state index contributed by atoms with van der Waals surface area (Å²) < 4.78 is 0. The summed E-state index contributed by atoms with van der Waals surface area (Å²) in [5.74, 6) is 0.813.